The lowest BCUT2D eigenvalue weighted by atomic mass is 9.72. The van der Waals surface area contributed by atoms with Crippen molar-refractivity contribution < 1.29 is 23.9 Å². The highest BCUT2D eigenvalue weighted by molar-refractivity contribution is 6.62. The van der Waals surface area contributed by atoms with Gasteiger partial charge in [-0.25, -0.2) is 0 Å². The van der Waals surface area contributed by atoms with Gasteiger partial charge in [0.2, 0.25) is 0 Å². The topological polar surface area (TPSA) is 77.9 Å². The van der Waals surface area contributed by atoms with Crippen molar-refractivity contribution in [2.75, 3.05) is 7.11 Å². The van der Waals surface area contributed by atoms with Crippen LogP contribution in [0.5, 0.6) is 0 Å². The first-order chi connectivity index (χ1) is 13.0. The Morgan fingerprint density at radius 2 is 1.75 bits per heavy atom. The van der Waals surface area contributed by atoms with Crippen LogP contribution in [0.25, 0.3) is 0 Å². The standard InChI is InChI=1S/C21H32BNO5/c1-19(2)20(3,4)28-22(27-19)16-11-12-17(23-13-16)21(5,25)15-9-7-14(8-10-15)18(24)26-6/h11-15,25H,7-10H2,1-6H3. The van der Waals surface area contributed by atoms with Crippen LogP contribution in [0.4, 0.5) is 0 Å². The van der Waals surface area contributed by atoms with Crippen LogP contribution in [-0.4, -0.2) is 41.5 Å². The van der Waals surface area contributed by atoms with Crippen LogP contribution in [0.15, 0.2) is 18.3 Å². The van der Waals surface area contributed by atoms with E-state index >= 15 is 0 Å². The predicted octanol–water partition coefficient (Wildman–Crippen LogP) is 2.57. The molecule has 2 aliphatic rings. The lowest BCUT2D eigenvalue weighted by Gasteiger charge is -2.37. The van der Waals surface area contributed by atoms with E-state index < -0.39 is 23.9 Å². The van der Waals surface area contributed by atoms with Crippen LogP contribution in [0.2, 0.25) is 0 Å². The minimum Gasteiger partial charge on any atom is -0.469 e. The zero-order valence-corrected chi connectivity index (χ0v) is 17.8. The summed E-state index contributed by atoms with van der Waals surface area (Å²) in [5, 5.41) is 11.2. The molecule has 0 spiro atoms. The Hall–Kier alpha value is -1.44. The van der Waals surface area contributed by atoms with Gasteiger partial charge >= 0.3 is 13.1 Å². The summed E-state index contributed by atoms with van der Waals surface area (Å²) in [4.78, 5) is 16.3. The van der Waals surface area contributed by atoms with Crippen LogP contribution >= 0.6 is 0 Å². The Balaban J connectivity index is 1.69. The molecule has 3 rings (SSSR count). The minimum atomic E-state index is -1.05. The van der Waals surface area contributed by atoms with Crippen molar-refractivity contribution in [3.63, 3.8) is 0 Å². The van der Waals surface area contributed by atoms with E-state index in [9.17, 15) is 9.90 Å². The summed E-state index contributed by atoms with van der Waals surface area (Å²) in [6.45, 7) is 9.88. The highest BCUT2D eigenvalue weighted by atomic mass is 16.7. The Bertz CT molecular complexity index is 692. The number of nitrogens with zero attached hydrogens (tertiary/aromatic N) is 1. The summed E-state index contributed by atoms with van der Waals surface area (Å²) >= 11 is 0. The average molecular weight is 389 g/mol. The highest BCUT2D eigenvalue weighted by Crippen LogP contribution is 2.41. The molecule has 1 aromatic heterocycles. The molecule has 1 unspecified atom stereocenters. The van der Waals surface area contributed by atoms with Crippen molar-refractivity contribution in [2.24, 2.45) is 11.8 Å². The van der Waals surface area contributed by atoms with Crippen molar-refractivity contribution in [1.29, 1.82) is 0 Å². The zero-order chi connectivity index (χ0) is 20.7. The number of carbonyl (C=O) groups excluding carboxylic acids is 1. The van der Waals surface area contributed by atoms with Gasteiger partial charge in [-0.15, -0.1) is 0 Å². The molecule has 7 heteroatoms. The third-order valence-corrected chi connectivity index (χ3v) is 6.89. The lowest BCUT2D eigenvalue weighted by molar-refractivity contribution is -0.148. The number of aliphatic hydroxyl groups is 1. The monoisotopic (exact) mass is 389 g/mol. The number of hydrogen-bond donors (Lipinski definition) is 1. The molecule has 0 bridgehead atoms. The maximum absolute atomic E-state index is 11.7. The molecule has 1 N–H and O–H groups in total. The van der Waals surface area contributed by atoms with E-state index in [2.05, 4.69) is 4.98 Å². The molecular formula is C21H32BNO5. The summed E-state index contributed by atoms with van der Waals surface area (Å²) in [6, 6.07) is 3.77. The Morgan fingerprint density at radius 1 is 1.18 bits per heavy atom. The molecule has 0 radical (unpaired) electrons. The lowest BCUT2D eigenvalue weighted by Crippen LogP contribution is -2.41. The summed E-state index contributed by atoms with van der Waals surface area (Å²) in [5.41, 5.74) is -0.377. The van der Waals surface area contributed by atoms with Crippen LogP contribution < -0.4 is 5.46 Å². The summed E-state index contributed by atoms with van der Waals surface area (Å²) < 4.78 is 17.0. The fourth-order valence-electron chi connectivity index (χ4n) is 4.09. The summed E-state index contributed by atoms with van der Waals surface area (Å²) in [5.74, 6) is -0.151. The number of aromatic nitrogens is 1. The van der Waals surface area contributed by atoms with Crippen LogP contribution in [-0.2, 0) is 24.4 Å². The molecule has 2 fully saturated rings. The molecule has 2 heterocycles. The normalized spacial score (nSPS) is 28.6. The second-order valence-electron chi connectivity index (χ2n) is 9.28. The largest absolute Gasteiger partial charge is 0.496 e. The van der Waals surface area contributed by atoms with Crippen LogP contribution in [0.1, 0.15) is 66.0 Å². The van der Waals surface area contributed by atoms with Crippen molar-refractivity contribution in [2.45, 2.75) is 77.1 Å². The zero-order valence-electron chi connectivity index (χ0n) is 17.8. The van der Waals surface area contributed by atoms with Gasteiger partial charge in [-0.2, -0.15) is 0 Å². The van der Waals surface area contributed by atoms with Gasteiger partial charge in [-0.05, 0) is 72.3 Å². The first kappa shape index (κ1) is 21.3. The van der Waals surface area contributed by atoms with E-state index in [1.54, 1.807) is 6.20 Å². The number of pyridine rings is 1. The van der Waals surface area contributed by atoms with E-state index in [1.165, 1.54) is 7.11 Å². The van der Waals surface area contributed by atoms with Crippen molar-refractivity contribution in [1.82, 2.24) is 4.98 Å². The van der Waals surface area contributed by atoms with Crippen LogP contribution in [0, 0.1) is 11.8 Å². The Morgan fingerprint density at radius 3 is 2.21 bits per heavy atom. The molecule has 1 atom stereocenters. The fraction of sp³-hybridized carbons (Fsp3) is 0.714. The second kappa shape index (κ2) is 7.43. The smallest absolute Gasteiger partial charge is 0.469 e. The van der Waals surface area contributed by atoms with Gasteiger partial charge < -0.3 is 19.2 Å². The third-order valence-electron chi connectivity index (χ3n) is 6.89. The van der Waals surface area contributed by atoms with Gasteiger partial charge in [0.15, 0.2) is 0 Å². The molecular weight excluding hydrogens is 357 g/mol. The number of ether oxygens (including phenoxy) is 1. The predicted molar refractivity (Wildman–Crippen MR) is 107 cm³/mol. The fourth-order valence-corrected chi connectivity index (χ4v) is 4.09. The van der Waals surface area contributed by atoms with Gasteiger partial charge in [-0.1, -0.05) is 6.07 Å². The molecule has 1 saturated carbocycles. The minimum absolute atomic E-state index is 0.0589. The first-order valence-corrected chi connectivity index (χ1v) is 10.1. The highest BCUT2D eigenvalue weighted by Gasteiger charge is 2.52. The van der Waals surface area contributed by atoms with Gasteiger partial charge in [0.25, 0.3) is 0 Å². The van der Waals surface area contributed by atoms with Crippen molar-refractivity contribution in [3.8, 4) is 0 Å². The number of esters is 1. The van der Waals surface area contributed by atoms with E-state index in [0.717, 1.165) is 31.1 Å². The number of rotatable bonds is 4. The Kier molecular flexibility index (Phi) is 5.65. The number of carbonyl (C=O) groups is 1. The number of methoxy groups -OCH3 is 1. The number of hydrogen-bond acceptors (Lipinski definition) is 6. The molecule has 1 aromatic rings. The molecule has 0 aromatic carbocycles. The van der Waals surface area contributed by atoms with Crippen molar-refractivity contribution in [3.05, 3.63) is 24.0 Å². The molecule has 6 nitrogen and oxygen atoms in total. The van der Waals surface area contributed by atoms with E-state index in [0.29, 0.717) is 5.69 Å². The van der Waals surface area contributed by atoms with Gasteiger partial charge in [0.05, 0.1) is 29.9 Å². The average Bonchev–Trinajstić information content (AvgIpc) is 2.88. The summed E-state index contributed by atoms with van der Waals surface area (Å²) in [6.07, 6.45) is 4.74. The van der Waals surface area contributed by atoms with Gasteiger partial charge in [0.1, 0.15) is 5.60 Å². The van der Waals surface area contributed by atoms with E-state index in [-0.39, 0.29) is 17.8 Å². The first-order valence-electron chi connectivity index (χ1n) is 10.1. The maximum atomic E-state index is 11.7. The van der Waals surface area contributed by atoms with Gasteiger partial charge in [-0.3, -0.25) is 9.78 Å². The molecule has 0 amide bonds. The summed E-state index contributed by atoms with van der Waals surface area (Å²) in [7, 11) is 0.961. The van der Waals surface area contributed by atoms with Crippen LogP contribution in [0.3, 0.4) is 0 Å². The van der Waals surface area contributed by atoms with E-state index in [4.69, 9.17) is 14.0 Å². The molecule has 28 heavy (non-hydrogen) atoms. The maximum Gasteiger partial charge on any atom is 0.496 e. The molecule has 154 valence electrons. The SMILES string of the molecule is COC(=O)C1CCC(C(C)(O)c2ccc(B3OC(C)(C)C(C)(C)O3)cn2)CC1. The van der Waals surface area contributed by atoms with Gasteiger partial charge in [0, 0.05) is 11.7 Å². The van der Waals surface area contributed by atoms with E-state index in [1.807, 2.05) is 46.8 Å². The van der Waals surface area contributed by atoms with Crippen molar-refractivity contribution >= 4 is 18.6 Å². The molecule has 1 saturated heterocycles. The quantitative estimate of drug-likeness (QED) is 0.630. The molecule has 1 aliphatic carbocycles. The third kappa shape index (κ3) is 3.84. The Labute approximate surface area is 168 Å². The second-order valence-corrected chi connectivity index (χ2v) is 9.28. The molecule has 1 aliphatic heterocycles.